The summed E-state index contributed by atoms with van der Waals surface area (Å²) in [6.07, 6.45) is 0.454. The number of benzene rings is 1. The Morgan fingerprint density at radius 2 is 1.75 bits per heavy atom. The minimum absolute atomic E-state index is 0.222. The number of hydrogen-bond donors (Lipinski definition) is 2. The molecule has 0 amide bonds. The van der Waals surface area contributed by atoms with Gasteiger partial charge in [0, 0.05) is 11.4 Å². The molecule has 0 spiro atoms. The third-order valence-corrected chi connectivity index (χ3v) is 3.93. The predicted octanol–water partition coefficient (Wildman–Crippen LogP) is 4.46. The van der Waals surface area contributed by atoms with E-state index in [1.54, 1.807) is 39.8 Å². The van der Waals surface area contributed by atoms with E-state index in [1.807, 2.05) is 6.92 Å². The normalized spacial score (nSPS) is 11.2. The zero-order valence-corrected chi connectivity index (χ0v) is 16.9. The summed E-state index contributed by atoms with van der Waals surface area (Å²) in [6, 6.07) is 5.87. The van der Waals surface area contributed by atoms with Crippen molar-refractivity contribution >= 4 is 17.6 Å². The highest BCUT2D eigenvalue weighted by Crippen LogP contribution is 2.25. The summed E-state index contributed by atoms with van der Waals surface area (Å²) in [5, 5.41) is 3.12. The van der Waals surface area contributed by atoms with Gasteiger partial charge in [-0.15, -0.1) is 0 Å². The lowest BCUT2D eigenvalue weighted by Crippen LogP contribution is -2.24. The first-order chi connectivity index (χ1) is 13.2. The summed E-state index contributed by atoms with van der Waals surface area (Å²) in [5.41, 5.74) is 1.67. The van der Waals surface area contributed by atoms with Crippen molar-refractivity contribution in [3.05, 3.63) is 52.6 Å². The Hall–Kier alpha value is -2.83. The summed E-state index contributed by atoms with van der Waals surface area (Å²) >= 11 is 0. The van der Waals surface area contributed by atoms with Crippen molar-refractivity contribution in [2.45, 2.75) is 53.2 Å². The Kier molecular flexibility index (Phi) is 6.83. The molecule has 0 unspecified atom stereocenters. The van der Waals surface area contributed by atoms with Gasteiger partial charge in [-0.3, -0.25) is 0 Å². The highest BCUT2D eigenvalue weighted by molar-refractivity contribution is 5.99. The number of ether oxygens (including phenoxy) is 2. The van der Waals surface area contributed by atoms with Crippen LogP contribution < -0.4 is 5.32 Å². The fourth-order valence-corrected chi connectivity index (χ4v) is 2.79. The van der Waals surface area contributed by atoms with E-state index in [-0.39, 0.29) is 24.7 Å². The van der Waals surface area contributed by atoms with E-state index in [2.05, 4.69) is 10.3 Å². The van der Waals surface area contributed by atoms with Crippen molar-refractivity contribution in [2.24, 2.45) is 0 Å². The largest absolute Gasteiger partial charge is 0.462 e. The Morgan fingerprint density at radius 3 is 2.29 bits per heavy atom. The highest BCUT2D eigenvalue weighted by atomic mass is 19.1. The maximum Gasteiger partial charge on any atom is 0.355 e. The predicted molar refractivity (Wildman–Crippen MR) is 105 cm³/mol. The Labute approximate surface area is 164 Å². The number of halogens is 1. The van der Waals surface area contributed by atoms with Crippen LogP contribution in [0, 0.1) is 5.82 Å². The topological polar surface area (TPSA) is 80.4 Å². The summed E-state index contributed by atoms with van der Waals surface area (Å²) < 4.78 is 23.7. The first-order valence-corrected chi connectivity index (χ1v) is 9.29. The summed E-state index contributed by atoms with van der Waals surface area (Å²) in [7, 11) is 0. The maximum absolute atomic E-state index is 13.1. The molecule has 2 aromatic rings. The molecule has 28 heavy (non-hydrogen) atoms. The molecule has 2 rings (SSSR count). The quantitative estimate of drug-likeness (QED) is 0.682. The molecule has 0 bridgehead atoms. The van der Waals surface area contributed by atoms with Gasteiger partial charge in [0.05, 0.1) is 18.7 Å². The van der Waals surface area contributed by atoms with Crippen LogP contribution in [0.1, 0.15) is 66.7 Å². The van der Waals surface area contributed by atoms with Crippen molar-refractivity contribution in [1.82, 2.24) is 4.98 Å². The van der Waals surface area contributed by atoms with E-state index in [4.69, 9.17) is 9.47 Å². The number of H-pyrrole nitrogens is 1. The molecule has 0 aliphatic rings. The second kappa shape index (κ2) is 8.91. The number of carbonyl (C=O) groups is 2. The zero-order chi connectivity index (χ0) is 20.9. The summed E-state index contributed by atoms with van der Waals surface area (Å²) in [5.74, 6) is -1.36. The lowest BCUT2D eigenvalue weighted by Gasteiger charge is -2.19. The molecule has 0 fully saturated rings. The number of hydrogen-bond acceptors (Lipinski definition) is 5. The lowest BCUT2D eigenvalue weighted by molar-refractivity contribution is 0.00622. The van der Waals surface area contributed by atoms with Crippen LogP contribution in [-0.2, 0) is 22.4 Å². The van der Waals surface area contributed by atoms with Gasteiger partial charge >= 0.3 is 11.9 Å². The molecule has 1 heterocycles. The van der Waals surface area contributed by atoms with E-state index in [0.717, 1.165) is 0 Å². The smallest absolute Gasteiger partial charge is 0.355 e. The Bertz CT molecular complexity index is 835. The van der Waals surface area contributed by atoms with Crippen LogP contribution in [0.5, 0.6) is 0 Å². The molecule has 1 aromatic heterocycles. The first-order valence-electron chi connectivity index (χ1n) is 9.29. The number of carbonyl (C=O) groups excluding carboxylic acids is 2. The standard InChI is InChI=1S/C21H27FN2O4/c1-6-15-17(19(25)27-7-2)16(12-23-14-10-8-13(22)9-11-14)24-18(15)20(26)28-21(3,4)5/h8-11,23-24H,6-7,12H2,1-5H3. The first kappa shape index (κ1) is 21.5. The average molecular weight is 390 g/mol. The highest BCUT2D eigenvalue weighted by Gasteiger charge is 2.29. The zero-order valence-electron chi connectivity index (χ0n) is 16.9. The molecule has 0 aliphatic heterocycles. The van der Waals surface area contributed by atoms with Crippen molar-refractivity contribution < 1.29 is 23.5 Å². The minimum atomic E-state index is -0.663. The molecular formula is C21H27FN2O4. The van der Waals surface area contributed by atoms with Crippen molar-refractivity contribution in [1.29, 1.82) is 0 Å². The number of esters is 2. The molecule has 0 saturated carbocycles. The van der Waals surface area contributed by atoms with Gasteiger partial charge in [0.15, 0.2) is 0 Å². The van der Waals surface area contributed by atoms with Gasteiger partial charge in [-0.25, -0.2) is 14.0 Å². The molecule has 0 saturated heterocycles. The number of anilines is 1. The fraction of sp³-hybridized carbons (Fsp3) is 0.429. The Morgan fingerprint density at radius 1 is 1.11 bits per heavy atom. The third kappa shape index (κ3) is 5.34. The van der Waals surface area contributed by atoms with Crippen LogP contribution in [0.25, 0.3) is 0 Å². The van der Waals surface area contributed by atoms with Gasteiger partial charge in [0.2, 0.25) is 0 Å². The van der Waals surface area contributed by atoms with Crippen molar-refractivity contribution in [3.63, 3.8) is 0 Å². The average Bonchev–Trinajstić information content (AvgIpc) is 2.99. The fourth-order valence-electron chi connectivity index (χ4n) is 2.79. The monoisotopic (exact) mass is 390 g/mol. The number of aromatic nitrogens is 1. The minimum Gasteiger partial charge on any atom is -0.462 e. The van der Waals surface area contributed by atoms with Gasteiger partial charge in [-0.2, -0.15) is 0 Å². The molecular weight excluding hydrogens is 363 g/mol. The SMILES string of the molecule is CCOC(=O)c1c(CNc2ccc(F)cc2)[nH]c(C(=O)OC(C)(C)C)c1CC. The lowest BCUT2D eigenvalue weighted by atomic mass is 10.1. The van der Waals surface area contributed by atoms with Crippen LogP contribution in [0.3, 0.4) is 0 Å². The van der Waals surface area contributed by atoms with Crippen molar-refractivity contribution in [3.8, 4) is 0 Å². The number of nitrogens with one attached hydrogen (secondary N) is 2. The third-order valence-electron chi connectivity index (χ3n) is 3.93. The molecule has 0 atom stereocenters. The molecule has 0 radical (unpaired) electrons. The summed E-state index contributed by atoms with van der Waals surface area (Å²) in [6.45, 7) is 9.38. The molecule has 6 nitrogen and oxygen atoms in total. The van der Waals surface area contributed by atoms with Crippen LogP contribution in [0.4, 0.5) is 10.1 Å². The van der Waals surface area contributed by atoms with Crippen LogP contribution in [0.2, 0.25) is 0 Å². The number of aromatic amines is 1. The van der Waals surface area contributed by atoms with Gasteiger partial charge in [0.25, 0.3) is 0 Å². The van der Waals surface area contributed by atoms with Crippen molar-refractivity contribution in [2.75, 3.05) is 11.9 Å². The molecule has 1 aromatic carbocycles. The second-order valence-electron chi connectivity index (χ2n) is 7.27. The van der Waals surface area contributed by atoms with Crippen LogP contribution >= 0.6 is 0 Å². The van der Waals surface area contributed by atoms with E-state index in [1.165, 1.54) is 12.1 Å². The maximum atomic E-state index is 13.1. The van der Waals surface area contributed by atoms with Gasteiger partial charge < -0.3 is 19.8 Å². The molecule has 2 N–H and O–H groups in total. The van der Waals surface area contributed by atoms with E-state index in [9.17, 15) is 14.0 Å². The van der Waals surface area contributed by atoms with Gasteiger partial charge in [-0.1, -0.05) is 6.92 Å². The van der Waals surface area contributed by atoms with Gasteiger partial charge in [-0.05, 0) is 63.9 Å². The molecule has 152 valence electrons. The van der Waals surface area contributed by atoms with E-state index >= 15 is 0 Å². The van der Waals surface area contributed by atoms with E-state index in [0.29, 0.717) is 28.9 Å². The van der Waals surface area contributed by atoms with Gasteiger partial charge in [0.1, 0.15) is 17.1 Å². The number of rotatable bonds is 7. The van der Waals surface area contributed by atoms with E-state index < -0.39 is 17.5 Å². The molecule has 7 heteroatoms. The summed E-state index contributed by atoms with van der Waals surface area (Å²) in [4.78, 5) is 28.2. The van der Waals surface area contributed by atoms with Crippen LogP contribution in [0.15, 0.2) is 24.3 Å². The second-order valence-corrected chi connectivity index (χ2v) is 7.27. The molecule has 0 aliphatic carbocycles. The van der Waals surface area contributed by atoms with Crippen LogP contribution in [-0.4, -0.2) is 29.1 Å². The Balaban J connectivity index is 2.39.